The average molecular weight is 413 g/mol. The first-order chi connectivity index (χ1) is 14.0. The summed E-state index contributed by atoms with van der Waals surface area (Å²) < 4.78 is 10.6. The predicted octanol–water partition coefficient (Wildman–Crippen LogP) is 2.44. The van der Waals surface area contributed by atoms with Gasteiger partial charge in [-0.3, -0.25) is 4.79 Å². The Labute approximate surface area is 175 Å². The van der Waals surface area contributed by atoms with Gasteiger partial charge in [0.2, 0.25) is 0 Å². The van der Waals surface area contributed by atoms with Gasteiger partial charge >= 0.3 is 0 Å². The number of nitrogens with one attached hydrogen (secondary N) is 2. The summed E-state index contributed by atoms with van der Waals surface area (Å²) in [7, 11) is 7.33. The molecule has 29 heavy (non-hydrogen) atoms. The number of amides is 1. The van der Waals surface area contributed by atoms with Crippen LogP contribution in [0.5, 0.6) is 11.5 Å². The summed E-state index contributed by atoms with van der Waals surface area (Å²) in [5, 5.41) is 5.67. The van der Waals surface area contributed by atoms with E-state index in [4.69, 9.17) is 9.47 Å². The topological polar surface area (TPSA) is 64.9 Å². The molecule has 0 saturated carbocycles. The lowest BCUT2D eigenvalue weighted by atomic mass is 10.1. The number of aromatic nitrogens is 1. The van der Waals surface area contributed by atoms with Crippen LogP contribution in [0.25, 0.3) is 10.6 Å². The van der Waals surface area contributed by atoms with Gasteiger partial charge in [0, 0.05) is 10.9 Å². The van der Waals surface area contributed by atoms with Crippen LogP contribution in [0.15, 0.2) is 53.9 Å². The van der Waals surface area contributed by atoms with E-state index in [1.165, 1.54) is 16.2 Å². The minimum Gasteiger partial charge on any atom is -0.493 e. The maximum absolute atomic E-state index is 12.9. The van der Waals surface area contributed by atoms with Crippen LogP contribution in [0.1, 0.15) is 22.1 Å². The van der Waals surface area contributed by atoms with Gasteiger partial charge in [0.05, 0.1) is 28.3 Å². The number of likely N-dealkylation sites (N-methyl/N-ethyl adjacent to an activating group) is 1. The van der Waals surface area contributed by atoms with Crippen molar-refractivity contribution in [2.45, 2.75) is 6.04 Å². The monoisotopic (exact) mass is 412 g/mol. The molecule has 2 aromatic carbocycles. The Hall–Kier alpha value is -2.90. The van der Waals surface area contributed by atoms with Gasteiger partial charge in [0.25, 0.3) is 5.91 Å². The van der Waals surface area contributed by atoms with E-state index in [9.17, 15) is 4.79 Å². The third kappa shape index (κ3) is 5.13. The van der Waals surface area contributed by atoms with E-state index in [-0.39, 0.29) is 11.9 Å². The van der Waals surface area contributed by atoms with Gasteiger partial charge in [0.15, 0.2) is 11.5 Å². The first kappa shape index (κ1) is 20.8. The van der Waals surface area contributed by atoms with Crippen molar-refractivity contribution in [3.63, 3.8) is 0 Å². The van der Waals surface area contributed by atoms with Crippen molar-refractivity contribution in [2.24, 2.45) is 0 Å². The molecule has 1 atom stereocenters. The summed E-state index contributed by atoms with van der Waals surface area (Å²) in [4.78, 5) is 18.7. The van der Waals surface area contributed by atoms with E-state index in [0.717, 1.165) is 22.7 Å². The van der Waals surface area contributed by atoms with Crippen LogP contribution in [0.4, 0.5) is 0 Å². The van der Waals surface area contributed by atoms with Crippen LogP contribution in [-0.4, -0.2) is 45.8 Å². The van der Waals surface area contributed by atoms with Gasteiger partial charge in [-0.2, -0.15) is 0 Å². The molecular formula is C22H26N3O3S+. The standard InChI is InChI=1S/C22H25N3O3S/c1-25(2)13-17(15-8-6-5-7-9-15)23-21(26)18-14-29-22(24-18)16-10-11-19(27-3)20(12-16)28-4/h5-12,14,17H,13H2,1-4H3,(H,23,26)/p+1/t17-/m1/s1. The Morgan fingerprint density at radius 2 is 1.83 bits per heavy atom. The smallest absolute Gasteiger partial charge is 0.271 e. The maximum atomic E-state index is 12.9. The number of carbonyl (C=O) groups excluding carboxylic acids is 1. The molecule has 3 rings (SSSR count). The van der Waals surface area contributed by atoms with Crippen molar-refractivity contribution in [1.29, 1.82) is 0 Å². The summed E-state index contributed by atoms with van der Waals surface area (Å²) in [6.45, 7) is 0.780. The van der Waals surface area contributed by atoms with E-state index in [1.54, 1.807) is 19.6 Å². The third-order valence-corrected chi connectivity index (χ3v) is 5.38. The number of carbonyl (C=O) groups is 1. The van der Waals surface area contributed by atoms with Crippen LogP contribution >= 0.6 is 11.3 Å². The van der Waals surface area contributed by atoms with Crippen molar-refractivity contribution in [3.8, 4) is 22.1 Å². The van der Waals surface area contributed by atoms with Crippen molar-refractivity contribution in [1.82, 2.24) is 10.3 Å². The average Bonchev–Trinajstić information content (AvgIpc) is 3.23. The van der Waals surface area contributed by atoms with E-state index < -0.39 is 0 Å². The Bertz CT molecular complexity index is 957. The summed E-state index contributed by atoms with van der Waals surface area (Å²) in [6, 6.07) is 15.5. The number of quaternary nitrogens is 1. The Morgan fingerprint density at radius 1 is 1.10 bits per heavy atom. The molecule has 2 N–H and O–H groups in total. The molecule has 0 bridgehead atoms. The molecule has 3 aromatic rings. The fourth-order valence-electron chi connectivity index (χ4n) is 3.06. The van der Waals surface area contributed by atoms with E-state index >= 15 is 0 Å². The van der Waals surface area contributed by atoms with Crippen molar-refractivity contribution < 1.29 is 19.2 Å². The molecule has 0 spiro atoms. The zero-order chi connectivity index (χ0) is 20.8. The lowest BCUT2D eigenvalue weighted by Crippen LogP contribution is -3.06. The number of thiazole rings is 1. The van der Waals surface area contributed by atoms with Gasteiger partial charge in [-0.05, 0) is 23.8 Å². The fraction of sp³-hybridized carbons (Fsp3) is 0.273. The molecule has 7 heteroatoms. The van der Waals surface area contributed by atoms with Crippen molar-refractivity contribution in [3.05, 3.63) is 65.2 Å². The zero-order valence-corrected chi connectivity index (χ0v) is 17.9. The Balaban J connectivity index is 1.79. The van der Waals surface area contributed by atoms with Gasteiger partial charge in [-0.15, -0.1) is 11.3 Å². The molecule has 1 aromatic heterocycles. The summed E-state index contributed by atoms with van der Waals surface area (Å²) in [6.07, 6.45) is 0. The Kier molecular flexibility index (Phi) is 6.85. The number of rotatable bonds is 8. The highest BCUT2D eigenvalue weighted by Crippen LogP contribution is 2.33. The number of ether oxygens (including phenoxy) is 2. The van der Waals surface area contributed by atoms with Crippen LogP contribution in [-0.2, 0) is 0 Å². The van der Waals surface area contributed by atoms with Crippen LogP contribution in [0.2, 0.25) is 0 Å². The lowest BCUT2D eigenvalue weighted by molar-refractivity contribution is -0.860. The first-order valence-corrected chi connectivity index (χ1v) is 10.2. The SMILES string of the molecule is COc1ccc(-c2nc(C(=O)N[C@H](C[NH+](C)C)c3ccccc3)cs2)cc1OC. The van der Waals surface area contributed by atoms with Gasteiger partial charge in [-0.1, -0.05) is 30.3 Å². The number of hydrogen-bond donors (Lipinski definition) is 2. The molecule has 0 aliphatic rings. The second-order valence-corrected chi connectivity index (χ2v) is 7.81. The van der Waals surface area contributed by atoms with Crippen LogP contribution in [0, 0.1) is 0 Å². The van der Waals surface area contributed by atoms with Crippen LogP contribution in [0.3, 0.4) is 0 Å². The summed E-state index contributed by atoms with van der Waals surface area (Å²) in [5.74, 6) is 1.11. The molecule has 0 fully saturated rings. The zero-order valence-electron chi connectivity index (χ0n) is 17.1. The molecule has 1 amide bonds. The van der Waals surface area contributed by atoms with Gasteiger partial charge in [-0.25, -0.2) is 4.98 Å². The number of hydrogen-bond acceptors (Lipinski definition) is 5. The highest BCUT2D eigenvalue weighted by atomic mass is 32.1. The molecule has 0 saturated heterocycles. The number of benzene rings is 2. The first-order valence-electron chi connectivity index (χ1n) is 9.34. The quantitative estimate of drug-likeness (QED) is 0.597. The summed E-state index contributed by atoms with van der Waals surface area (Å²) >= 11 is 1.43. The third-order valence-electron chi connectivity index (χ3n) is 4.49. The second kappa shape index (κ2) is 9.54. The van der Waals surface area contributed by atoms with E-state index in [1.807, 2.05) is 48.5 Å². The molecule has 0 aliphatic carbocycles. The normalized spacial score (nSPS) is 11.9. The largest absolute Gasteiger partial charge is 0.493 e. The number of nitrogens with zero attached hydrogens (tertiary/aromatic N) is 1. The van der Waals surface area contributed by atoms with Crippen molar-refractivity contribution in [2.75, 3.05) is 34.9 Å². The minimum absolute atomic E-state index is 0.0834. The van der Waals surface area contributed by atoms with E-state index in [0.29, 0.717) is 17.2 Å². The Morgan fingerprint density at radius 3 is 2.48 bits per heavy atom. The minimum atomic E-state index is -0.178. The molecular weight excluding hydrogens is 386 g/mol. The lowest BCUT2D eigenvalue weighted by Gasteiger charge is -2.20. The van der Waals surface area contributed by atoms with Crippen molar-refractivity contribution >= 4 is 17.2 Å². The molecule has 0 aliphatic heterocycles. The fourth-order valence-corrected chi connectivity index (χ4v) is 3.85. The molecule has 1 heterocycles. The second-order valence-electron chi connectivity index (χ2n) is 6.96. The highest BCUT2D eigenvalue weighted by molar-refractivity contribution is 7.13. The molecule has 0 radical (unpaired) electrons. The van der Waals surface area contributed by atoms with Gasteiger partial charge in [0.1, 0.15) is 23.3 Å². The maximum Gasteiger partial charge on any atom is 0.271 e. The molecule has 152 valence electrons. The summed E-state index contributed by atoms with van der Waals surface area (Å²) in [5.41, 5.74) is 2.37. The van der Waals surface area contributed by atoms with Gasteiger partial charge < -0.3 is 19.7 Å². The highest BCUT2D eigenvalue weighted by Gasteiger charge is 2.20. The van der Waals surface area contributed by atoms with E-state index in [2.05, 4.69) is 24.4 Å². The molecule has 6 nitrogen and oxygen atoms in total. The predicted molar refractivity (Wildman–Crippen MR) is 115 cm³/mol. The van der Waals surface area contributed by atoms with Crippen LogP contribution < -0.4 is 19.7 Å². The molecule has 0 unspecified atom stereocenters. The number of methoxy groups -OCH3 is 2.